The Bertz CT molecular complexity index is 763. The molecular formula is C14H10Br4O5. The summed E-state index contributed by atoms with van der Waals surface area (Å²) in [4.78, 5) is 0. The van der Waals surface area contributed by atoms with Crippen LogP contribution in [0.4, 0.5) is 0 Å². The summed E-state index contributed by atoms with van der Waals surface area (Å²) in [6.45, 7) is -0.345. The molecule has 0 unspecified atom stereocenters. The first kappa shape index (κ1) is 18.9. The SMILES string of the molecule is OCc1cc(O)c(O)c(Br)c1Cc1c(Br)c(O)c(O)c(Br)c1Br. The molecule has 0 atom stereocenters. The van der Waals surface area contributed by atoms with Gasteiger partial charge in [-0.2, -0.15) is 0 Å². The molecule has 124 valence electrons. The Morgan fingerprint density at radius 1 is 0.696 bits per heavy atom. The van der Waals surface area contributed by atoms with Gasteiger partial charge >= 0.3 is 0 Å². The second-order valence-electron chi connectivity index (χ2n) is 4.65. The molecule has 0 saturated heterocycles. The normalized spacial score (nSPS) is 11.0. The standard InChI is InChI=1S/C14H10Br4O5/c15-8-6(10(17)13(22)14(23)11(8)18)2-5-4(3-19)1-7(20)12(21)9(5)16/h1,19-23H,2-3H2. The maximum absolute atomic E-state index is 9.97. The zero-order valence-electron chi connectivity index (χ0n) is 11.2. The highest BCUT2D eigenvalue weighted by molar-refractivity contribution is 9.13. The van der Waals surface area contributed by atoms with Gasteiger partial charge in [-0.05, 0) is 86.5 Å². The van der Waals surface area contributed by atoms with Crippen LogP contribution < -0.4 is 0 Å². The fraction of sp³-hybridized carbons (Fsp3) is 0.143. The van der Waals surface area contributed by atoms with Crippen LogP contribution in [0.2, 0.25) is 0 Å². The van der Waals surface area contributed by atoms with E-state index < -0.39 is 0 Å². The van der Waals surface area contributed by atoms with Gasteiger partial charge in [0.1, 0.15) is 0 Å². The number of phenolic OH excluding ortho intramolecular Hbond substituents is 4. The molecule has 0 aliphatic heterocycles. The molecule has 0 aromatic heterocycles. The average molecular weight is 578 g/mol. The summed E-state index contributed by atoms with van der Waals surface area (Å²) in [5.74, 6) is -1.34. The molecule has 23 heavy (non-hydrogen) atoms. The van der Waals surface area contributed by atoms with Crippen LogP contribution in [0.15, 0.2) is 24.0 Å². The van der Waals surface area contributed by atoms with Gasteiger partial charge in [0.05, 0.1) is 20.0 Å². The Hall–Kier alpha value is -0.480. The lowest BCUT2D eigenvalue weighted by Gasteiger charge is -2.17. The number of hydrogen-bond donors (Lipinski definition) is 5. The topological polar surface area (TPSA) is 101 Å². The molecule has 0 bridgehead atoms. The highest BCUT2D eigenvalue weighted by Crippen LogP contribution is 2.49. The van der Waals surface area contributed by atoms with Gasteiger partial charge in [0, 0.05) is 10.9 Å². The van der Waals surface area contributed by atoms with Crippen molar-refractivity contribution in [1.82, 2.24) is 0 Å². The maximum atomic E-state index is 9.97. The van der Waals surface area contributed by atoms with Crippen LogP contribution >= 0.6 is 63.7 Å². The number of phenols is 4. The second-order valence-corrected chi connectivity index (χ2v) is 7.82. The van der Waals surface area contributed by atoms with E-state index in [4.69, 9.17) is 0 Å². The number of aromatic hydroxyl groups is 4. The Labute approximate surface area is 165 Å². The average Bonchev–Trinajstić information content (AvgIpc) is 2.54. The van der Waals surface area contributed by atoms with E-state index >= 15 is 0 Å². The van der Waals surface area contributed by atoms with Crippen molar-refractivity contribution >= 4 is 63.7 Å². The van der Waals surface area contributed by atoms with Crippen molar-refractivity contribution in [3.8, 4) is 23.0 Å². The van der Waals surface area contributed by atoms with E-state index in [2.05, 4.69) is 63.7 Å². The van der Waals surface area contributed by atoms with Crippen LogP contribution in [0.1, 0.15) is 16.7 Å². The summed E-state index contributed by atoms with van der Waals surface area (Å²) in [5.41, 5.74) is 1.52. The molecular weight excluding hydrogens is 568 g/mol. The highest BCUT2D eigenvalue weighted by atomic mass is 79.9. The third-order valence-electron chi connectivity index (χ3n) is 3.30. The van der Waals surface area contributed by atoms with Gasteiger partial charge in [-0.3, -0.25) is 0 Å². The molecule has 2 rings (SSSR count). The third-order valence-corrected chi connectivity index (χ3v) is 7.19. The molecule has 0 saturated carbocycles. The summed E-state index contributed by atoms with van der Waals surface area (Å²) in [6, 6.07) is 1.27. The fourth-order valence-electron chi connectivity index (χ4n) is 2.06. The summed E-state index contributed by atoms with van der Waals surface area (Å²) >= 11 is 13.0. The van der Waals surface area contributed by atoms with Crippen molar-refractivity contribution in [1.29, 1.82) is 0 Å². The molecule has 0 amide bonds. The summed E-state index contributed by atoms with van der Waals surface area (Å²) in [5, 5.41) is 48.8. The van der Waals surface area contributed by atoms with E-state index in [-0.39, 0.29) is 49.4 Å². The Morgan fingerprint density at radius 2 is 1.22 bits per heavy atom. The van der Waals surface area contributed by atoms with Gasteiger partial charge in [-0.15, -0.1) is 0 Å². The van der Waals surface area contributed by atoms with Crippen LogP contribution in [-0.2, 0) is 13.0 Å². The zero-order valence-corrected chi connectivity index (χ0v) is 17.6. The lowest BCUT2D eigenvalue weighted by Crippen LogP contribution is -2.00. The Balaban J connectivity index is 2.68. The molecule has 2 aromatic carbocycles. The van der Waals surface area contributed by atoms with E-state index in [1.54, 1.807) is 0 Å². The third kappa shape index (κ3) is 3.34. The number of halogens is 4. The fourth-order valence-corrected chi connectivity index (χ4v) is 4.41. The largest absolute Gasteiger partial charge is 0.504 e. The monoisotopic (exact) mass is 574 g/mol. The molecule has 2 aromatic rings. The van der Waals surface area contributed by atoms with Gasteiger partial charge < -0.3 is 25.5 Å². The molecule has 0 spiro atoms. The van der Waals surface area contributed by atoms with Crippen LogP contribution in [0.3, 0.4) is 0 Å². The first-order valence-corrected chi connectivity index (χ1v) is 9.28. The van der Waals surface area contributed by atoms with Gasteiger partial charge in [0.25, 0.3) is 0 Å². The number of hydrogen-bond acceptors (Lipinski definition) is 5. The number of aliphatic hydroxyl groups is 1. The van der Waals surface area contributed by atoms with Crippen LogP contribution in [0.25, 0.3) is 0 Å². The van der Waals surface area contributed by atoms with Crippen molar-refractivity contribution < 1.29 is 25.5 Å². The van der Waals surface area contributed by atoms with Gasteiger partial charge in [0.2, 0.25) is 0 Å². The van der Waals surface area contributed by atoms with E-state index in [1.807, 2.05) is 0 Å². The molecule has 5 nitrogen and oxygen atoms in total. The summed E-state index contributed by atoms with van der Waals surface area (Å²) in [7, 11) is 0. The summed E-state index contributed by atoms with van der Waals surface area (Å²) < 4.78 is 1.29. The van der Waals surface area contributed by atoms with E-state index in [9.17, 15) is 25.5 Å². The maximum Gasteiger partial charge on any atom is 0.174 e. The Kier molecular flexibility index (Phi) is 5.89. The molecule has 0 aliphatic carbocycles. The van der Waals surface area contributed by atoms with Crippen molar-refractivity contribution in [3.05, 3.63) is 40.6 Å². The lowest BCUT2D eigenvalue weighted by molar-refractivity contribution is 0.279. The van der Waals surface area contributed by atoms with Gasteiger partial charge in [-0.25, -0.2) is 0 Å². The number of rotatable bonds is 3. The molecule has 5 N–H and O–H groups in total. The van der Waals surface area contributed by atoms with Crippen molar-refractivity contribution in [3.63, 3.8) is 0 Å². The quantitative estimate of drug-likeness (QED) is 0.270. The first-order chi connectivity index (χ1) is 10.7. The predicted octanol–water partition coefficient (Wildman–Crippen LogP) is 4.64. The van der Waals surface area contributed by atoms with E-state index in [0.717, 1.165) is 0 Å². The van der Waals surface area contributed by atoms with Crippen LogP contribution in [-0.4, -0.2) is 25.5 Å². The second kappa shape index (κ2) is 7.18. The molecule has 0 heterocycles. The number of aliphatic hydroxyl groups excluding tert-OH is 1. The lowest BCUT2D eigenvalue weighted by atomic mass is 9.99. The van der Waals surface area contributed by atoms with Crippen molar-refractivity contribution in [2.45, 2.75) is 13.0 Å². The smallest absolute Gasteiger partial charge is 0.174 e. The van der Waals surface area contributed by atoms with Gasteiger partial charge in [0.15, 0.2) is 23.0 Å². The van der Waals surface area contributed by atoms with Crippen molar-refractivity contribution in [2.75, 3.05) is 0 Å². The molecule has 0 radical (unpaired) electrons. The zero-order chi connectivity index (χ0) is 17.5. The van der Waals surface area contributed by atoms with Crippen molar-refractivity contribution in [2.24, 2.45) is 0 Å². The van der Waals surface area contributed by atoms with Crippen LogP contribution in [0, 0.1) is 0 Å². The van der Waals surface area contributed by atoms with E-state index in [1.165, 1.54) is 6.07 Å². The molecule has 0 aliphatic rings. The Morgan fingerprint density at radius 3 is 1.78 bits per heavy atom. The predicted molar refractivity (Wildman–Crippen MR) is 99.1 cm³/mol. The molecule has 9 heteroatoms. The minimum atomic E-state index is -0.349. The van der Waals surface area contributed by atoms with E-state index in [0.29, 0.717) is 21.2 Å². The van der Waals surface area contributed by atoms with Gasteiger partial charge in [-0.1, -0.05) is 0 Å². The number of benzene rings is 2. The highest BCUT2D eigenvalue weighted by Gasteiger charge is 2.23. The summed E-state index contributed by atoms with van der Waals surface area (Å²) in [6.07, 6.45) is 0.192. The minimum Gasteiger partial charge on any atom is -0.504 e. The van der Waals surface area contributed by atoms with Crippen LogP contribution in [0.5, 0.6) is 23.0 Å². The minimum absolute atomic E-state index is 0.192. The first-order valence-electron chi connectivity index (χ1n) is 6.10. The molecule has 0 fully saturated rings.